The van der Waals surface area contributed by atoms with E-state index in [1.165, 1.54) is 30.6 Å². The van der Waals surface area contributed by atoms with Gasteiger partial charge in [-0.05, 0) is 36.9 Å². The summed E-state index contributed by atoms with van der Waals surface area (Å²) >= 11 is 0. The zero-order chi connectivity index (χ0) is 13.5. The van der Waals surface area contributed by atoms with Gasteiger partial charge in [0.05, 0.1) is 6.61 Å². The summed E-state index contributed by atoms with van der Waals surface area (Å²) in [5.74, 6) is 0.672. The molecule has 1 unspecified atom stereocenters. The molecule has 3 nitrogen and oxygen atoms in total. The second kappa shape index (κ2) is 7.51. The molecule has 1 aromatic carbocycles. The molecule has 0 radical (unpaired) electrons. The molecule has 1 N–H and O–H groups in total. The van der Waals surface area contributed by atoms with E-state index in [1.54, 1.807) is 7.11 Å². The van der Waals surface area contributed by atoms with Gasteiger partial charge in [0.25, 0.3) is 0 Å². The van der Waals surface area contributed by atoms with Crippen LogP contribution in [0.4, 0.5) is 5.69 Å². The second-order valence-corrected chi connectivity index (χ2v) is 5.32. The Balaban J connectivity index is 2.07. The highest BCUT2D eigenvalue weighted by Gasteiger charge is 2.21. The van der Waals surface area contributed by atoms with Gasteiger partial charge in [-0.2, -0.15) is 0 Å². The molecule has 1 fully saturated rings. The van der Waals surface area contributed by atoms with Crippen LogP contribution in [-0.4, -0.2) is 33.4 Å². The Morgan fingerprint density at radius 3 is 3.00 bits per heavy atom. The predicted octanol–water partition coefficient (Wildman–Crippen LogP) is 2.66. The van der Waals surface area contributed by atoms with Crippen LogP contribution in [0, 0.1) is 5.92 Å². The Morgan fingerprint density at radius 1 is 1.37 bits per heavy atom. The molecule has 2 rings (SSSR count). The van der Waals surface area contributed by atoms with Crippen molar-refractivity contribution in [2.24, 2.45) is 5.92 Å². The number of hydrogen-bond donors (Lipinski definition) is 1. The van der Waals surface area contributed by atoms with Crippen LogP contribution in [0.15, 0.2) is 24.3 Å². The number of nitrogens with one attached hydrogen (secondary N) is 1. The van der Waals surface area contributed by atoms with Crippen LogP contribution in [0.25, 0.3) is 0 Å². The van der Waals surface area contributed by atoms with Crippen molar-refractivity contribution in [1.29, 1.82) is 0 Å². The van der Waals surface area contributed by atoms with Crippen LogP contribution in [0.2, 0.25) is 0 Å². The third kappa shape index (κ3) is 3.95. The molecular weight excluding hydrogens is 236 g/mol. The highest BCUT2D eigenvalue weighted by molar-refractivity contribution is 5.54. The van der Waals surface area contributed by atoms with Gasteiger partial charge < -0.3 is 15.0 Å². The number of hydrogen-bond acceptors (Lipinski definition) is 3. The molecule has 0 aromatic heterocycles. The van der Waals surface area contributed by atoms with Crippen molar-refractivity contribution in [2.75, 3.05) is 38.3 Å². The lowest BCUT2D eigenvalue weighted by Crippen LogP contribution is -2.37. The molecule has 0 saturated carbocycles. The smallest absolute Gasteiger partial charge is 0.0507 e. The van der Waals surface area contributed by atoms with Crippen molar-refractivity contribution in [3.8, 4) is 0 Å². The fraction of sp³-hybridized carbons (Fsp3) is 0.625. The monoisotopic (exact) mass is 262 g/mol. The van der Waals surface area contributed by atoms with Gasteiger partial charge in [0.15, 0.2) is 0 Å². The fourth-order valence-electron chi connectivity index (χ4n) is 2.88. The minimum absolute atomic E-state index is 0.672. The van der Waals surface area contributed by atoms with Gasteiger partial charge in [-0.3, -0.25) is 0 Å². The largest absolute Gasteiger partial charge is 0.384 e. The summed E-state index contributed by atoms with van der Waals surface area (Å²) in [6.45, 7) is 7.29. The van der Waals surface area contributed by atoms with Crippen LogP contribution < -0.4 is 10.2 Å². The van der Waals surface area contributed by atoms with Gasteiger partial charge in [-0.25, -0.2) is 0 Å². The van der Waals surface area contributed by atoms with Crippen molar-refractivity contribution < 1.29 is 4.74 Å². The average Bonchev–Trinajstić information content (AvgIpc) is 2.46. The molecule has 0 aliphatic carbocycles. The minimum atomic E-state index is 0.672. The lowest BCUT2D eigenvalue weighted by molar-refractivity contribution is 0.143. The second-order valence-electron chi connectivity index (χ2n) is 5.32. The standard InChI is InChI=1S/C16H26N2O/c1-3-17-11-15-8-4-5-9-16(15)18-10-6-7-14(12-18)13-19-2/h4-5,8-9,14,17H,3,6-7,10-13H2,1-2H3. The number of para-hydroxylation sites is 1. The topological polar surface area (TPSA) is 24.5 Å². The summed E-state index contributed by atoms with van der Waals surface area (Å²) in [4.78, 5) is 2.53. The van der Waals surface area contributed by atoms with Crippen molar-refractivity contribution in [3.63, 3.8) is 0 Å². The van der Waals surface area contributed by atoms with E-state index in [0.717, 1.165) is 26.2 Å². The van der Waals surface area contributed by atoms with Gasteiger partial charge in [-0.15, -0.1) is 0 Å². The summed E-state index contributed by atoms with van der Waals surface area (Å²) in [7, 11) is 1.80. The summed E-state index contributed by atoms with van der Waals surface area (Å²) in [5.41, 5.74) is 2.80. The van der Waals surface area contributed by atoms with Gasteiger partial charge >= 0.3 is 0 Å². The Hall–Kier alpha value is -1.06. The van der Waals surface area contributed by atoms with Crippen molar-refractivity contribution in [1.82, 2.24) is 5.32 Å². The zero-order valence-corrected chi connectivity index (χ0v) is 12.2. The summed E-state index contributed by atoms with van der Waals surface area (Å²) in [6, 6.07) is 8.76. The first kappa shape index (κ1) is 14.4. The first-order valence-corrected chi connectivity index (χ1v) is 7.37. The molecule has 19 heavy (non-hydrogen) atoms. The molecule has 1 aliphatic rings. The molecule has 106 valence electrons. The predicted molar refractivity (Wildman–Crippen MR) is 80.6 cm³/mol. The molecule has 0 amide bonds. The van der Waals surface area contributed by atoms with Crippen LogP contribution in [0.5, 0.6) is 0 Å². The number of anilines is 1. The van der Waals surface area contributed by atoms with E-state index in [2.05, 4.69) is 41.4 Å². The Bertz CT molecular complexity index is 379. The molecular formula is C16H26N2O. The Kier molecular flexibility index (Phi) is 5.67. The molecule has 1 saturated heterocycles. The molecule has 1 heterocycles. The molecule has 1 aliphatic heterocycles. The molecule has 0 bridgehead atoms. The van der Waals surface area contributed by atoms with E-state index in [9.17, 15) is 0 Å². The summed E-state index contributed by atoms with van der Waals surface area (Å²) in [6.07, 6.45) is 2.56. The third-order valence-electron chi connectivity index (χ3n) is 3.82. The first-order valence-electron chi connectivity index (χ1n) is 7.37. The molecule has 1 aromatic rings. The van der Waals surface area contributed by atoms with Crippen LogP contribution >= 0.6 is 0 Å². The van der Waals surface area contributed by atoms with E-state index in [-0.39, 0.29) is 0 Å². The molecule has 0 spiro atoms. The van der Waals surface area contributed by atoms with E-state index in [0.29, 0.717) is 5.92 Å². The van der Waals surface area contributed by atoms with Gasteiger partial charge in [-0.1, -0.05) is 25.1 Å². The molecule has 3 heteroatoms. The van der Waals surface area contributed by atoms with Crippen LogP contribution in [0.3, 0.4) is 0 Å². The van der Waals surface area contributed by atoms with E-state index >= 15 is 0 Å². The quantitative estimate of drug-likeness (QED) is 0.853. The normalized spacial score (nSPS) is 19.7. The number of ether oxygens (including phenoxy) is 1. The van der Waals surface area contributed by atoms with E-state index in [4.69, 9.17) is 4.74 Å². The number of rotatable bonds is 6. The maximum absolute atomic E-state index is 5.32. The lowest BCUT2D eigenvalue weighted by atomic mass is 9.97. The van der Waals surface area contributed by atoms with Crippen molar-refractivity contribution in [3.05, 3.63) is 29.8 Å². The highest BCUT2D eigenvalue weighted by atomic mass is 16.5. The van der Waals surface area contributed by atoms with E-state index < -0.39 is 0 Å². The summed E-state index contributed by atoms with van der Waals surface area (Å²) < 4.78 is 5.32. The van der Waals surface area contributed by atoms with Gasteiger partial charge in [0.1, 0.15) is 0 Å². The Morgan fingerprint density at radius 2 is 2.21 bits per heavy atom. The van der Waals surface area contributed by atoms with Crippen LogP contribution in [-0.2, 0) is 11.3 Å². The van der Waals surface area contributed by atoms with Crippen molar-refractivity contribution in [2.45, 2.75) is 26.3 Å². The first-order chi connectivity index (χ1) is 9.35. The van der Waals surface area contributed by atoms with Gasteiger partial charge in [0.2, 0.25) is 0 Å². The van der Waals surface area contributed by atoms with Crippen molar-refractivity contribution >= 4 is 5.69 Å². The minimum Gasteiger partial charge on any atom is -0.384 e. The van der Waals surface area contributed by atoms with E-state index in [1.807, 2.05) is 0 Å². The number of methoxy groups -OCH3 is 1. The SMILES string of the molecule is CCNCc1ccccc1N1CCCC(COC)C1. The maximum atomic E-state index is 5.32. The third-order valence-corrected chi connectivity index (χ3v) is 3.82. The maximum Gasteiger partial charge on any atom is 0.0507 e. The number of piperidine rings is 1. The van der Waals surface area contributed by atoms with Crippen LogP contribution in [0.1, 0.15) is 25.3 Å². The zero-order valence-electron chi connectivity index (χ0n) is 12.2. The number of nitrogens with zero attached hydrogens (tertiary/aromatic N) is 1. The highest BCUT2D eigenvalue weighted by Crippen LogP contribution is 2.26. The fourth-order valence-corrected chi connectivity index (χ4v) is 2.88. The molecule has 1 atom stereocenters. The Labute approximate surface area is 116 Å². The number of benzene rings is 1. The average molecular weight is 262 g/mol. The van der Waals surface area contributed by atoms with Gasteiger partial charge in [0, 0.05) is 32.4 Å². The summed E-state index contributed by atoms with van der Waals surface area (Å²) in [5, 5.41) is 3.43. The lowest BCUT2D eigenvalue weighted by Gasteiger charge is -2.35.